The fraction of sp³-hybridized carbons (Fsp3) is 0.519. The quantitative estimate of drug-likeness (QED) is 0.100. The van der Waals surface area contributed by atoms with Crippen LogP contribution >= 0.6 is 11.8 Å². The predicted molar refractivity (Wildman–Crippen MR) is 158 cm³/mol. The number of H-pyrrole nitrogens is 1. The van der Waals surface area contributed by atoms with E-state index in [-0.39, 0.29) is 25.7 Å². The highest BCUT2D eigenvalue weighted by atomic mass is 32.2. The number of aromatic nitrogens is 1. The second-order valence-electron chi connectivity index (χ2n) is 9.76. The third-order valence-electron chi connectivity index (χ3n) is 6.58. The molecule has 1 aromatic heterocycles. The first kappa shape index (κ1) is 33.6. The van der Waals surface area contributed by atoms with Crippen molar-refractivity contribution >= 4 is 52.3 Å². The van der Waals surface area contributed by atoms with E-state index in [4.69, 9.17) is 17.2 Å². The highest BCUT2D eigenvalue weighted by Crippen LogP contribution is 2.19. The summed E-state index contributed by atoms with van der Waals surface area (Å²) in [6.45, 7) is 0.477. The number of thioether (sulfide) groups is 1. The molecule has 0 aliphatic carbocycles. The van der Waals surface area contributed by atoms with Crippen molar-refractivity contribution < 1.29 is 29.1 Å². The van der Waals surface area contributed by atoms with E-state index in [2.05, 4.69) is 20.9 Å². The molecule has 0 radical (unpaired) electrons. The Hall–Kier alpha value is -3.62. The Morgan fingerprint density at radius 1 is 0.927 bits per heavy atom. The Balaban J connectivity index is 2.25. The first-order valence-corrected chi connectivity index (χ1v) is 14.9. The molecule has 0 aliphatic heterocycles. The molecule has 0 aliphatic rings. The van der Waals surface area contributed by atoms with Crippen molar-refractivity contribution in [2.75, 3.05) is 18.6 Å². The van der Waals surface area contributed by atoms with Crippen LogP contribution in [-0.2, 0) is 30.4 Å². The van der Waals surface area contributed by atoms with Gasteiger partial charge in [0.05, 0.1) is 6.04 Å². The molecule has 11 N–H and O–H groups in total. The van der Waals surface area contributed by atoms with Gasteiger partial charge in [-0.25, -0.2) is 4.79 Å². The van der Waals surface area contributed by atoms with Crippen LogP contribution in [0.5, 0.6) is 0 Å². The summed E-state index contributed by atoms with van der Waals surface area (Å²) in [5, 5.41) is 18.2. The molecule has 0 fully saturated rings. The largest absolute Gasteiger partial charge is 0.480 e. The first-order valence-electron chi connectivity index (χ1n) is 13.5. The highest BCUT2D eigenvalue weighted by molar-refractivity contribution is 7.98. The van der Waals surface area contributed by atoms with Gasteiger partial charge in [0.15, 0.2) is 0 Å². The SMILES string of the molecule is CSCCC(NC(=O)C(Cc1c[nH]c2ccccc12)NC(=O)C(N)CCCCN)C(=O)NC(CCC(N)=O)C(=O)O. The molecule has 41 heavy (non-hydrogen) atoms. The minimum Gasteiger partial charge on any atom is -0.480 e. The molecule has 4 unspecified atom stereocenters. The van der Waals surface area contributed by atoms with Crippen molar-refractivity contribution in [1.82, 2.24) is 20.9 Å². The molecular weight excluding hydrogens is 550 g/mol. The highest BCUT2D eigenvalue weighted by Gasteiger charge is 2.31. The minimum absolute atomic E-state index is 0.115. The number of hydrogen-bond acceptors (Lipinski definition) is 8. The number of fused-ring (bicyclic) bond motifs is 1. The smallest absolute Gasteiger partial charge is 0.326 e. The number of nitrogens with one attached hydrogen (secondary N) is 4. The standard InChI is InChI=1S/C27H41N7O6S/c1-41-13-11-20(25(37)33-21(27(39)40)9-10-23(30)35)32-26(38)22(34-24(36)18(29)7-4-5-12-28)14-16-15-31-19-8-3-2-6-17(16)19/h2-3,6,8,15,18,20-22,31H,4-5,7,9-14,28-29H2,1H3,(H2,30,35)(H,32,38)(H,33,37)(H,34,36)(H,39,40). The number of aromatic amines is 1. The zero-order valence-corrected chi connectivity index (χ0v) is 24.0. The number of rotatable bonds is 19. The molecule has 14 heteroatoms. The van der Waals surface area contributed by atoms with Crippen LogP contribution in [0.4, 0.5) is 0 Å². The zero-order valence-electron chi connectivity index (χ0n) is 23.2. The molecule has 0 bridgehead atoms. The summed E-state index contributed by atoms with van der Waals surface area (Å²) in [5.41, 5.74) is 18.4. The maximum absolute atomic E-state index is 13.6. The number of primary amides is 1. The maximum atomic E-state index is 13.6. The maximum Gasteiger partial charge on any atom is 0.326 e. The van der Waals surface area contributed by atoms with Gasteiger partial charge in [-0.2, -0.15) is 11.8 Å². The first-order chi connectivity index (χ1) is 19.6. The van der Waals surface area contributed by atoms with Crippen LogP contribution in [-0.4, -0.2) is 82.4 Å². The topological polar surface area (TPSA) is 236 Å². The summed E-state index contributed by atoms with van der Waals surface area (Å²) in [4.78, 5) is 65.6. The van der Waals surface area contributed by atoms with Gasteiger partial charge in [0.2, 0.25) is 23.6 Å². The molecular formula is C27H41N7O6S. The van der Waals surface area contributed by atoms with Crippen LogP contribution in [0.1, 0.15) is 44.1 Å². The average Bonchev–Trinajstić information content (AvgIpc) is 3.35. The van der Waals surface area contributed by atoms with Crippen molar-refractivity contribution in [2.24, 2.45) is 17.2 Å². The number of para-hydroxylation sites is 1. The molecule has 1 aromatic carbocycles. The second-order valence-corrected chi connectivity index (χ2v) is 10.7. The number of carbonyl (C=O) groups excluding carboxylic acids is 4. The van der Waals surface area contributed by atoms with Crippen LogP contribution in [0.25, 0.3) is 10.9 Å². The third kappa shape index (κ3) is 11.1. The van der Waals surface area contributed by atoms with Gasteiger partial charge in [0.1, 0.15) is 18.1 Å². The lowest BCUT2D eigenvalue weighted by Gasteiger charge is -2.25. The minimum atomic E-state index is -1.36. The number of amides is 4. The lowest BCUT2D eigenvalue weighted by Crippen LogP contribution is -2.57. The number of unbranched alkanes of at least 4 members (excludes halogenated alkanes) is 1. The van der Waals surface area contributed by atoms with E-state index < -0.39 is 53.8 Å². The number of nitrogens with two attached hydrogens (primary N) is 3. The lowest BCUT2D eigenvalue weighted by atomic mass is 10.0. The molecule has 4 atom stereocenters. The fourth-order valence-corrected chi connectivity index (χ4v) is 4.71. The van der Waals surface area contributed by atoms with Crippen molar-refractivity contribution in [3.8, 4) is 0 Å². The predicted octanol–water partition coefficient (Wildman–Crippen LogP) is -0.276. The van der Waals surface area contributed by atoms with Gasteiger partial charge in [-0.05, 0) is 55.9 Å². The molecule has 2 aromatic rings. The molecule has 226 valence electrons. The molecule has 13 nitrogen and oxygen atoms in total. The van der Waals surface area contributed by atoms with E-state index in [0.29, 0.717) is 31.6 Å². The molecule has 0 saturated carbocycles. The van der Waals surface area contributed by atoms with Gasteiger partial charge < -0.3 is 43.2 Å². The van der Waals surface area contributed by atoms with Crippen molar-refractivity contribution in [1.29, 1.82) is 0 Å². The van der Waals surface area contributed by atoms with E-state index in [1.807, 2.05) is 30.5 Å². The third-order valence-corrected chi connectivity index (χ3v) is 7.22. The second kappa shape index (κ2) is 17.3. The van der Waals surface area contributed by atoms with Gasteiger partial charge >= 0.3 is 5.97 Å². The van der Waals surface area contributed by atoms with Crippen LogP contribution in [0.3, 0.4) is 0 Å². The summed E-state index contributed by atoms with van der Waals surface area (Å²) in [6.07, 6.45) is 5.24. The van der Waals surface area contributed by atoms with Crippen molar-refractivity contribution in [3.05, 3.63) is 36.0 Å². The van der Waals surface area contributed by atoms with E-state index in [0.717, 1.165) is 16.5 Å². The van der Waals surface area contributed by atoms with Gasteiger partial charge in [-0.3, -0.25) is 19.2 Å². The van der Waals surface area contributed by atoms with Crippen LogP contribution in [0, 0.1) is 0 Å². The molecule has 0 saturated heterocycles. The number of aliphatic carboxylic acids is 1. The van der Waals surface area contributed by atoms with Crippen molar-refractivity contribution in [2.45, 2.75) is 69.1 Å². The monoisotopic (exact) mass is 591 g/mol. The summed E-state index contributed by atoms with van der Waals surface area (Å²) >= 11 is 1.44. The van der Waals surface area contributed by atoms with E-state index in [1.165, 1.54) is 11.8 Å². The van der Waals surface area contributed by atoms with Gasteiger partial charge in [0.25, 0.3) is 0 Å². The van der Waals surface area contributed by atoms with E-state index in [1.54, 1.807) is 6.20 Å². The molecule has 0 spiro atoms. The molecule has 2 rings (SSSR count). The Kier molecular flexibility index (Phi) is 14.1. The van der Waals surface area contributed by atoms with Crippen LogP contribution in [0.15, 0.2) is 30.5 Å². The average molecular weight is 592 g/mol. The Morgan fingerprint density at radius 2 is 1.59 bits per heavy atom. The molecule has 1 heterocycles. The van der Waals surface area contributed by atoms with Gasteiger partial charge in [-0.15, -0.1) is 0 Å². The summed E-state index contributed by atoms with van der Waals surface area (Å²) in [5.74, 6) is -3.40. The van der Waals surface area contributed by atoms with Crippen molar-refractivity contribution in [3.63, 3.8) is 0 Å². The Labute approximate surface area is 243 Å². The number of carboxylic acid groups (broad SMARTS) is 1. The summed E-state index contributed by atoms with van der Waals surface area (Å²) in [7, 11) is 0. The number of carboxylic acids is 1. The lowest BCUT2D eigenvalue weighted by molar-refractivity contribution is -0.142. The Bertz CT molecular complexity index is 1190. The van der Waals surface area contributed by atoms with Gasteiger partial charge in [0, 0.05) is 29.9 Å². The number of carbonyl (C=O) groups is 5. The van der Waals surface area contributed by atoms with Crippen LogP contribution < -0.4 is 33.2 Å². The molecule has 4 amide bonds. The van der Waals surface area contributed by atoms with E-state index in [9.17, 15) is 29.1 Å². The number of hydrogen-bond donors (Lipinski definition) is 8. The normalized spacial score (nSPS) is 14.0. The van der Waals surface area contributed by atoms with E-state index >= 15 is 0 Å². The summed E-state index contributed by atoms with van der Waals surface area (Å²) < 4.78 is 0. The van der Waals surface area contributed by atoms with Gasteiger partial charge in [-0.1, -0.05) is 24.6 Å². The Morgan fingerprint density at radius 3 is 2.24 bits per heavy atom. The fourth-order valence-electron chi connectivity index (χ4n) is 4.24. The zero-order chi connectivity index (χ0) is 30.4. The summed E-state index contributed by atoms with van der Waals surface area (Å²) in [6, 6.07) is 3.14. The van der Waals surface area contributed by atoms with Crippen LogP contribution in [0.2, 0.25) is 0 Å². The number of benzene rings is 1.